The monoisotopic (exact) mass is 596 g/mol. The van der Waals surface area contributed by atoms with Crippen LogP contribution in [0.2, 0.25) is 10.0 Å². The second-order valence-corrected chi connectivity index (χ2v) is 10.2. The predicted octanol–water partition coefficient (Wildman–Crippen LogP) is 7.08. The summed E-state index contributed by atoms with van der Waals surface area (Å²) in [6, 6.07) is 7.68. The van der Waals surface area contributed by atoms with Crippen LogP contribution in [0.5, 0.6) is 0 Å². The molecule has 39 heavy (non-hydrogen) atoms. The fraction of sp³-hybridized carbons (Fsp3) is 0.296. The van der Waals surface area contributed by atoms with Gasteiger partial charge < -0.3 is 19.3 Å². The SMILES string of the molecule is CO/C(=C\c1c(Cl)cc(C(=O)Nc2nc(-c3cccc(C(CCOC(C)C)OC)c3F)cs2)cc1Cl)C(=O)O. The first-order valence-corrected chi connectivity index (χ1v) is 13.4. The summed E-state index contributed by atoms with van der Waals surface area (Å²) >= 11 is 13.6. The number of halogens is 3. The molecule has 0 spiro atoms. The van der Waals surface area contributed by atoms with Gasteiger partial charge in [0.15, 0.2) is 5.13 Å². The number of aromatic nitrogens is 1. The lowest BCUT2D eigenvalue weighted by Crippen LogP contribution is -2.12. The highest BCUT2D eigenvalue weighted by molar-refractivity contribution is 7.14. The number of aliphatic carboxylic acids is 1. The quantitative estimate of drug-likeness (QED) is 0.170. The summed E-state index contributed by atoms with van der Waals surface area (Å²) < 4.78 is 31.4. The maximum absolute atomic E-state index is 15.5. The molecule has 1 atom stereocenters. The number of anilines is 1. The molecule has 1 amide bonds. The van der Waals surface area contributed by atoms with Crippen molar-refractivity contribution in [3.63, 3.8) is 0 Å². The van der Waals surface area contributed by atoms with Crippen LogP contribution in [0, 0.1) is 5.82 Å². The van der Waals surface area contributed by atoms with Crippen molar-refractivity contribution in [2.75, 3.05) is 26.1 Å². The molecule has 3 aromatic rings. The Morgan fingerprint density at radius 1 is 1.21 bits per heavy atom. The van der Waals surface area contributed by atoms with Crippen molar-refractivity contribution >= 4 is 57.6 Å². The first kappa shape index (κ1) is 30.5. The molecule has 1 heterocycles. The third kappa shape index (κ3) is 7.77. The summed E-state index contributed by atoms with van der Waals surface area (Å²) in [6.45, 7) is 4.28. The molecule has 1 unspecified atom stereocenters. The van der Waals surface area contributed by atoms with Crippen molar-refractivity contribution in [3.05, 3.63) is 74.0 Å². The van der Waals surface area contributed by atoms with Crippen LogP contribution < -0.4 is 5.32 Å². The minimum atomic E-state index is -1.30. The van der Waals surface area contributed by atoms with E-state index < -0.39 is 23.8 Å². The van der Waals surface area contributed by atoms with E-state index in [-0.39, 0.29) is 43.7 Å². The van der Waals surface area contributed by atoms with Crippen molar-refractivity contribution in [2.24, 2.45) is 0 Å². The number of benzene rings is 2. The Labute approximate surface area is 239 Å². The van der Waals surface area contributed by atoms with Crippen molar-refractivity contribution in [2.45, 2.75) is 32.5 Å². The molecule has 2 N–H and O–H groups in total. The van der Waals surface area contributed by atoms with E-state index in [9.17, 15) is 9.59 Å². The highest BCUT2D eigenvalue weighted by atomic mass is 35.5. The summed E-state index contributed by atoms with van der Waals surface area (Å²) in [6.07, 6.45) is 1.21. The topological polar surface area (TPSA) is 107 Å². The molecule has 0 aliphatic heterocycles. The molecule has 208 valence electrons. The molecule has 0 saturated heterocycles. The van der Waals surface area contributed by atoms with Gasteiger partial charge in [0.2, 0.25) is 5.76 Å². The third-order valence-electron chi connectivity index (χ3n) is 5.54. The van der Waals surface area contributed by atoms with Gasteiger partial charge in [-0.3, -0.25) is 10.1 Å². The van der Waals surface area contributed by atoms with E-state index in [1.807, 2.05) is 13.8 Å². The number of carboxylic acids is 1. The van der Waals surface area contributed by atoms with E-state index in [4.69, 9.17) is 42.5 Å². The Kier molecular flexibility index (Phi) is 10.8. The number of carboxylic acid groups (broad SMARTS) is 1. The maximum atomic E-state index is 15.5. The summed E-state index contributed by atoms with van der Waals surface area (Å²) in [5.74, 6) is -2.69. The number of carbonyl (C=O) groups excluding carboxylic acids is 1. The van der Waals surface area contributed by atoms with Gasteiger partial charge in [-0.15, -0.1) is 11.3 Å². The van der Waals surface area contributed by atoms with Gasteiger partial charge in [-0.05, 0) is 38.1 Å². The number of hydrogen-bond acceptors (Lipinski definition) is 7. The summed E-state index contributed by atoms with van der Waals surface area (Å²) in [4.78, 5) is 28.4. The van der Waals surface area contributed by atoms with E-state index in [0.717, 1.165) is 17.4 Å². The maximum Gasteiger partial charge on any atom is 0.371 e. The van der Waals surface area contributed by atoms with E-state index in [1.165, 1.54) is 26.4 Å². The number of nitrogens with zero attached hydrogens (tertiary/aromatic N) is 1. The fourth-order valence-electron chi connectivity index (χ4n) is 3.62. The van der Waals surface area contributed by atoms with Crippen molar-refractivity contribution in [1.29, 1.82) is 0 Å². The van der Waals surface area contributed by atoms with Crippen LogP contribution in [0.1, 0.15) is 47.9 Å². The average Bonchev–Trinajstić information content (AvgIpc) is 3.34. The number of rotatable bonds is 12. The standard InChI is InChI=1S/C27H27Cl2FN2O6S/c1-14(2)38-9-8-22(36-3)17-7-5-6-16(24(17)30)21-13-39-27(31-21)32-25(33)15-10-19(28)18(20(29)11-15)12-23(37-4)26(34)35/h5-7,10-14,22H,8-9H2,1-4H3,(H,34,35)(H,31,32,33)/b23-12-. The molecule has 12 heteroatoms. The van der Waals surface area contributed by atoms with Gasteiger partial charge in [0.05, 0.1) is 35.1 Å². The van der Waals surface area contributed by atoms with Gasteiger partial charge in [0.1, 0.15) is 5.82 Å². The molecule has 2 aromatic carbocycles. The minimum Gasteiger partial charge on any atom is -0.490 e. The van der Waals surface area contributed by atoms with Crippen molar-refractivity contribution < 1.29 is 33.3 Å². The summed E-state index contributed by atoms with van der Waals surface area (Å²) in [7, 11) is 2.72. The molecule has 0 aliphatic carbocycles. The van der Waals surface area contributed by atoms with Crippen LogP contribution in [0.4, 0.5) is 9.52 Å². The first-order chi connectivity index (χ1) is 18.5. The number of ether oxygens (including phenoxy) is 3. The smallest absolute Gasteiger partial charge is 0.371 e. The largest absolute Gasteiger partial charge is 0.490 e. The highest BCUT2D eigenvalue weighted by Gasteiger charge is 2.21. The molecule has 0 saturated carbocycles. The van der Waals surface area contributed by atoms with Crippen LogP contribution >= 0.6 is 34.5 Å². The molecule has 8 nitrogen and oxygen atoms in total. The van der Waals surface area contributed by atoms with Crippen LogP contribution in [-0.4, -0.2) is 48.9 Å². The lowest BCUT2D eigenvalue weighted by molar-refractivity contribution is -0.135. The number of nitrogens with one attached hydrogen (secondary N) is 1. The third-order valence-corrected chi connectivity index (χ3v) is 6.92. The Bertz CT molecular complexity index is 1360. The molecular weight excluding hydrogens is 570 g/mol. The normalized spacial score (nSPS) is 12.5. The number of carbonyl (C=O) groups is 2. The summed E-state index contributed by atoms with van der Waals surface area (Å²) in [5.41, 5.74) is 1.31. The average molecular weight is 597 g/mol. The van der Waals surface area contributed by atoms with Gasteiger partial charge in [0.25, 0.3) is 5.91 Å². The lowest BCUT2D eigenvalue weighted by Gasteiger charge is -2.18. The van der Waals surface area contributed by atoms with E-state index in [1.54, 1.807) is 23.6 Å². The molecule has 0 radical (unpaired) electrons. The van der Waals surface area contributed by atoms with Crippen LogP contribution in [0.3, 0.4) is 0 Å². The van der Waals surface area contributed by atoms with Gasteiger partial charge >= 0.3 is 5.97 Å². The Balaban J connectivity index is 1.80. The molecule has 3 rings (SSSR count). The van der Waals surface area contributed by atoms with Crippen LogP contribution in [-0.2, 0) is 19.0 Å². The Morgan fingerprint density at radius 3 is 2.49 bits per heavy atom. The fourth-order valence-corrected chi connectivity index (χ4v) is 4.93. The Hall–Kier alpha value is -3.02. The summed E-state index contributed by atoms with van der Waals surface area (Å²) in [5, 5.41) is 13.8. The zero-order valence-corrected chi connectivity index (χ0v) is 23.9. The van der Waals surface area contributed by atoms with E-state index in [0.29, 0.717) is 24.3 Å². The minimum absolute atomic E-state index is 0.0497. The van der Waals surface area contributed by atoms with Gasteiger partial charge in [-0.1, -0.05) is 35.3 Å². The number of amides is 1. The predicted molar refractivity (Wildman–Crippen MR) is 150 cm³/mol. The van der Waals surface area contributed by atoms with E-state index >= 15 is 4.39 Å². The molecule has 0 bridgehead atoms. The zero-order valence-electron chi connectivity index (χ0n) is 21.6. The van der Waals surface area contributed by atoms with Crippen LogP contribution in [0.25, 0.3) is 17.3 Å². The molecular formula is C27H27Cl2FN2O6S. The number of methoxy groups -OCH3 is 2. The van der Waals surface area contributed by atoms with Crippen LogP contribution in [0.15, 0.2) is 41.5 Å². The van der Waals surface area contributed by atoms with Gasteiger partial charge in [-0.2, -0.15) is 0 Å². The first-order valence-electron chi connectivity index (χ1n) is 11.7. The van der Waals surface area contributed by atoms with Gasteiger partial charge in [-0.25, -0.2) is 14.2 Å². The van der Waals surface area contributed by atoms with E-state index in [2.05, 4.69) is 10.3 Å². The highest BCUT2D eigenvalue weighted by Crippen LogP contribution is 2.33. The molecule has 1 aromatic heterocycles. The Morgan fingerprint density at radius 2 is 1.90 bits per heavy atom. The molecule has 0 aliphatic rings. The number of hydrogen-bond donors (Lipinski definition) is 2. The van der Waals surface area contributed by atoms with Crippen molar-refractivity contribution in [1.82, 2.24) is 4.98 Å². The second-order valence-electron chi connectivity index (χ2n) is 8.50. The number of thiazole rings is 1. The van der Waals surface area contributed by atoms with Crippen molar-refractivity contribution in [3.8, 4) is 11.3 Å². The van der Waals surface area contributed by atoms with Gasteiger partial charge in [0, 0.05) is 47.8 Å². The second kappa shape index (κ2) is 13.9. The zero-order chi connectivity index (χ0) is 28.7. The lowest BCUT2D eigenvalue weighted by atomic mass is 10.0. The molecule has 0 fully saturated rings.